The minimum atomic E-state index is -0.231. The zero-order valence-corrected chi connectivity index (χ0v) is 22.3. The molecule has 0 radical (unpaired) electrons. The monoisotopic (exact) mass is 496 g/mol. The number of fused-ring (bicyclic) bond motifs is 1. The summed E-state index contributed by atoms with van der Waals surface area (Å²) in [5.41, 5.74) is 4.28. The van der Waals surface area contributed by atoms with E-state index in [1.54, 1.807) is 0 Å². The van der Waals surface area contributed by atoms with Gasteiger partial charge in [-0.2, -0.15) is 0 Å². The van der Waals surface area contributed by atoms with Gasteiger partial charge in [-0.25, -0.2) is 0 Å². The smallest absolute Gasteiger partial charge is 0.251 e. The first-order valence-electron chi connectivity index (χ1n) is 14.0. The number of carbonyl (C=O) groups excluding carboxylic acids is 1. The van der Waals surface area contributed by atoms with Gasteiger partial charge in [-0.3, -0.25) is 9.69 Å². The van der Waals surface area contributed by atoms with Crippen LogP contribution in [-0.4, -0.2) is 29.5 Å². The first-order chi connectivity index (χ1) is 18.1. The van der Waals surface area contributed by atoms with E-state index in [4.69, 9.17) is 4.74 Å². The Morgan fingerprint density at radius 1 is 0.892 bits per heavy atom. The highest BCUT2D eigenvalue weighted by molar-refractivity contribution is 5.94. The SMILES string of the molecule is CCC1(CC)C[C@H](NC(=O)c2ccc(CN3CCC(Cc4ccccc4)CC3)cc2)c2ccccc2O1. The Bertz CT molecular complexity index is 1160. The molecule has 0 spiro atoms. The molecule has 3 aromatic rings. The molecule has 0 bridgehead atoms. The average molecular weight is 497 g/mol. The van der Waals surface area contributed by atoms with E-state index in [0.29, 0.717) is 5.56 Å². The molecule has 0 unspecified atom stereocenters. The molecule has 1 saturated heterocycles. The quantitative estimate of drug-likeness (QED) is 0.367. The first kappa shape index (κ1) is 25.5. The number of rotatable bonds is 8. The van der Waals surface area contributed by atoms with E-state index in [-0.39, 0.29) is 17.6 Å². The van der Waals surface area contributed by atoms with Crippen molar-refractivity contribution in [1.29, 1.82) is 0 Å². The molecule has 1 amide bonds. The maximum atomic E-state index is 13.2. The van der Waals surface area contributed by atoms with Crippen LogP contribution < -0.4 is 10.1 Å². The topological polar surface area (TPSA) is 41.6 Å². The van der Waals surface area contributed by atoms with Crippen LogP contribution in [0, 0.1) is 5.92 Å². The fourth-order valence-corrected chi connectivity index (χ4v) is 5.99. The summed E-state index contributed by atoms with van der Waals surface area (Å²) in [7, 11) is 0. The molecule has 1 N–H and O–H groups in total. The van der Waals surface area contributed by atoms with Crippen molar-refractivity contribution in [3.63, 3.8) is 0 Å². The Labute approximate surface area is 222 Å². The van der Waals surface area contributed by atoms with E-state index in [0.717, 1.165) is 56.1 Å². The molecule has 5 rings (SSSR count). The van der Waals surface area contributed by atoms with Gasteiger partial charge in [0.05, 0.1) is 6.04 Å². The van der Waals surface area contributed by atoms with Crippen LogP contribution in [0.15, 0.2) is 78.9 Å². The number of carbonyl (C=O) groups is 1. The number of likely N-dealkylation sites (tertiary alicyclic amines) is 1. The average Bonchev–Trinajstić information content (AvgIpc) is 2.95. The second kappa shape index (κ2) is 11.5. The summed E-state index contributed by atoms with van der Waals surface area (Å²) >= 11 is 0. The highest BCUT2D eigenvalue weighted by atomic mass is 16.5. The van der Waals surface area contributed by atoms with Crippen LogP contribution in [-0.2, 0) is 13.0 Å². The van der Waals surface area contributed by atoms with E-state index in [9.17, 15) is 4.79 Å². The first-order valence-corrected chi connectivity index (χ1v) is 14.0. The van der Waals surface area contributed by atoms with Gasteiger partial charge in [-0.05, 0) is 80.4 Å². The maximum Gasteiger partial charge on any atom is 0.251 e. The number of amides is 1. The van der Waals surface area contributed by atoms with Crippen LogP contribution in [0.1, 0.15) is 79.0 Å². The van der Waals surface area contributed by atoms with Gasteiger partial charge in [0.15, 0.2) is 0 Å². The molecule has 37 heavy (non-hydrogen) atoms. The summed E-state index contributed by atoms with van der Waals surface area (Å²) in [6.07, 6.45) is 6.32. The van der Waals surface area contributed by atoms with Crippen LogP contribution in [0.5, 0.6) is 5.75 Å². The Hall–Kier alpha value is -3.11. The van der Waals surface area contributed by atoms with Crippen molar-refractivity contribution < 1.29 is 9.53 Å². The minimum absolute atomic E-state index is 0.0175. The third-order valence-corrected chi connectivity index (χ3v) is 8.49. The molecular formula is C33H40N2O2. The number of nitrogens with zero attached hydrogens (tertiary/aromatic N) is 1. The van der Waals surface area contributed by atoms with E-state index in [2.05, 4.69) is 72.6 Å². The summed E-state index contributed by atoms with van der Waals surface area (Å²) in [6, 6.07) is 27.1. The zero-order valence-electron chi connectivity index (χ0n) is 22.3. The Kier molecular flexibility index (Phi) is 7.95. The lowest BCUT2D eigenvalue weighted by molar-refractivity contribution is 0.0227. The predicted octanol–water partition coefficient (Wildman–Crippen LogP) is 6.95. The molecular weight excluding hydrogens is 456 g/mol. The van der Waals surface area contributed by atoms with Gasteiger partial charge in [-0.1, -0.05) is 74.5 Å². The number of hydrogen-bond donors (Lipinski definition) is 1. The number of piperidine rings is 1. The Balaban J connectivity index is 1.16. The van der Waals surface area contributed by atoms with E-state index in [1.165, 1.54) is 30.4 Å². The number of benzene rings is 3. The molecule has 4 nitrogen and oxygen atoms in total. The van der Waals surface area contributed by atoms with Gasteiger partial charge in [0.1, 0.15) is 11.4 Å². The van der Waals surface area contributed by atoms with Crippen molar-refractivity contribution in [2.45, 2.75) is 70.6 Å². The number of nitrogens with one attached hydrogen (secondary N) is 1. The van der Waals surface area contributed by atoms with Crippen molar-refractivity contribution in [3.05, 3.63) is 101 Å². The lowest BCUT2D eigenvalue weighted by Gasteiger charge is -2.41. The fraction of sp³-hybridized carbons (Fsp3) is 0.424. The zero-order chi connectivity index (χ0) is 25.7. The third-order valence-electron chi connectivity index (χ3n) is 8.49. The number of ether oxygens (including phenoxy) is 1. The van der Waals surface area contributed by atoms with Crippen LogP contribution in [0.4, 0.5) is 0 Å². The van der Waals surface area contributed by atoms with E-state index in [1.807, 2.05) is 30.3 Å². The molecule has 2 heterocycles. The Morgan fingerprint density at radius 3 is 2.27 bits per heavy atom. The van der Waals surface area contributed by atoms with Gasteiger partial charge >= 0.3 is 0 Å². The molecule has 194 valence electrons. The molecule has 0 aromatic heterocycles. The maximum absolute atomic E-state index is 13.2. The largest absolute Gasteiger partial charge is 0.487 e. The highest BCUT2D eigenvalue weighted by Gasteiger charge is 2.39. The fourth-order valence-electron chi connectivity index (χ4n) is 5.99. The Morgan fingerprint density at radius 2 is 1.57 bits per heavy atom. The normalized spacial score (nSPS) is 19.6. The van der Waals surface area contributed by atoms with Crippen LogP contribution in [0.25, 0.3) is 0 Å². The van der Waals surface area contributed by atoms with Crippen LogP contribution in [0.2, 0.25) is 0 Å². The summed E-state index contributed by atoms with van der Waals surface area (Å²) in [5.74, 6) is 1.65. The second-order valence-electron chi connectivity index (χ2n) is 10.9. The van der Waals surface area contributed by atoms with Crippen molar-refractivity contribution in [1.82, 2.24) is 10.2 Å². The van der Waals surface area contributed by atoms with Crippen molar-refractivity contribution >= 4 is 5.91 Å². The van der Waals surface area contributed by atoms with E-state index >= 15 is 0 Å². The number of hydrogen-bond acceptors (Lipinski definition) is 3. The van der Waals surface area contributed by atoms with Gasteiger partial charge in [0.25, 0.3) is 5.91 Å². The lowest BCUT2D eigenvalue weighted by atomic mass is 9.83. The standard InChI is InChI=1S/C33H40N2O2/c1-3-33(4-2)23-30(29-12-8-9-13-31(29)37-33)34-32(36)28-16-14-27(15-17-28)24-35-20-18-26(19-21-35)22-25-10-6-5-7-11-25/h5-17,26,30H,3-4,18-24H2,1-2H3,(H,34,36)/t30-/m0/s1. The molecule has 0 aliphatic carbocycles. The predicted molar refractivity (Wildman–Crippen MR) is 150 cm³/mol. The summed E-state index contributed by atoms with van der Waals surface area (Å²) < 4.78 is 6.40. The van der Waals surface area contributed by atoms with Gasteiger partial charge in [-0.15, -0.1) is 0 Å². The molecule has 3 aromatic carbocycles. The van der Waals surface area contributed by atoms with Gasteiger partial charge in [0.2, 0.25) is 0 Å². The van der Waals surface area contributed by atoms with Crippen LogP contribution >= 0.6 is 0 Å². The molecule has 2 aliphatic rings. The molecule has 0 saturated carbocycles. The highest BCUT2D eigenvalue weighted by Crippen LogP contribution is 2.42. The van der Waals surface area contributed by atoms with Crippen molar-refractivity contribution in [3.8, 4) is 5.75 Å². The van der Waals surface area contributed by atoms with Crippen LogP contribution in [0.3, 0.4) is 0 Å². The van der Waals surface area contributed by atoms with Crippen molar-refractivity contribution in [2.24, 2.45) is 5.92 Å². The summed E-state index contributed by atoms with van der Waals surface area (Å²) in [6.45, 7) is 7.56. The van der Waals surface area contributed by atoms with E-state index < -0.39 is 0 Å². The second-order valence-corrected chi connectivity index (χ2v) is 10.9. The molecule has 1 fully saturated rings. The summed E-state index contributed by atoms with van der Waals surface area (Å²) in [4.78, 5) is 15.8. The molecule has 1 atom stereocenters. The molecule has 4 heteroatoms. The molecule has 2 aliphatic heterocycles. The number of para-hydroxylation sites is 1. The summed E-state index contributed by atoms with van der Waals surface area (Å²) in [5, 5.41) is 3.31. The lowest BCUT2D eigenvalue weighted by Crippen LogP contribution is -2.44. The van der Waals surface area contributed by atoms with Gasteiger partial charge in [0, 0.05) is 24.1 Å². The van der Waals surface area contributed by atoms with Gasteiger partial charge < -0.3 is 10.1 Å². The van der Waals surface area contributed by atoms with Crippen molar-refractivity contribution in [2.75, 3.05) is 13.1 Å². The minimum Gasteiger partial charge on any atom is -0.487 e. The third kappa shape index (κ3) is 6.07.